The lowest BCUT2D eigenvalue weighted by Crippen LogP contribution is -2.35. The van der Waals surface area contributed by atoms with E-state index < -0.39 is 12.0 Å². The maximum atomic E-state index is 10.4. The minimum Gasteiger partial charge on any atom is -0.480 e. The Morgan fingerprint density at radius 3 is 2.86 bits per heavy atom. The summed E-state index contributed by atoms with van der Waals surface area (Å²) in [4.78, 5) is 12.6. The maximum absolute atomic E-state index is 10.4. The quantitative estimate of drug-likeness (QED) is 0.538. The van der Waals surface area contributed by atoms with Crippen LogP contribution in [0.15, 0.2) is 0 Å². The summed E-state index contributed by atoms with van der Waals surface area (Å²) >= 11 is 0. The zero-order valence-electron chi connectivity index (χ0n) is 8.22. The summed E-state index contributed by atoms with van der Waals surface area (Å²) in [6.07, 6.45) is 1.48. The molecule has 5 nitrogen and oxygen atoms in total. The number of nitrogens with two attached hydrogens (primary N) is 1. The SMILES string of the molecule is N[C@H](CCN1CCC(CO)C1)C(=O)O. The van der Waals surface area contributed by atoms with E-state index in [1.807, 2.05) is 0 Å². The summed E-state index contributed by atoms with van der Waals surface area (Å²) in [5.74, 6) is -0.584. The van der Waals surface area contributed by atoms with Gasteiger partial charge in [0, 0.05) is 19.7 Å². The van der Waals surface area contributed by atoms with Crippen molar-refractivity contribution in [3.05, 3.63) is 0 Å². The van der Waals surface area contributed by atoms with Crippen molar-refractivity contribution < 1.29 is 15.0 Å². The molecule has 0 saturated carbocycles. The van der Waals surface area contributed by atoms with Crippen molar-refractivity contribution in [2.45, 2.75) is 18.9 Å². The summed E-state index contributed by atoms with van der Waals surface area (Å²) in [6.45, 7) is 2.74. The molecule has 0 aromatic heterocycles. The summed E-state index contributed by atoms with van der Waals surface area (Å²) in [7, 11) is 0. The van der Waals surface area contributed by atoms with E-state index in [9.17, 15) is 4.79 Å². The third-order valence-electron chi connectivity index (χ3n) is 2.70. The molecule has 0 radical (unpaired) electrons. The van der Waals surface area contributed by atoms with Gasteiger partial charge in [-0.05, 0) is 25.3 Å². The summed E-state index contributed by atoms with van der Waals surface area (Å²) in [5.41, 5.74) is 5.39. The van der Waals surface area contributed by atoms with Gasteiger partial charge in [-0.2, -0.15) is 0 Å². The molecule has 0 amide bonds. The molecule has 1 rings (SSSR count). The number of likely N-dealkylation sites (tertiary alicyclic amines) is 1. The average Bonchev–Trinajstić information content (AvgIpc) is 2.61. The Bertz CT molecular complexity index is 198. The minimum absolute atomic E-state index is 0.224. The van der Waals surface area contributed by atoms with Gasteiger partial charge in [-0.1, -0.05) is 0 Å². The van der Waals surface area contributed by atoms with E-state index in [2.05, 4.69) is 4.90 Å². The number of carboxylic acids is 1. The van der Waals surface area contributed by atoms with Crippen LogP contribution in [-0.4, -0.2) is 53.4 Å². The monoisotopic (exact) mass is 202 g/mol. The highest BCUT2D eigenvalue weighted by Crippen LogP contribution is 2.15. The predicted octanol–water partition coefficient (Wildman–Crippen LogP) is -0.897. The molecular formula is C9H18N2O3. The molecule has 0 aromatic carbocycles. The third kappa shape index (κ3) is 3.25. The molecule has 0 bridgehead atoms. The van der Waals surface area contributed by atoms with Crippen molar-refractivity contribution >= 4 is 5.97 Å². The smallest absolute Gasteiger partial charge is 0.320 e. The van der Waals surface area contributed by atoms with Crippen LogP contribution in [0.25, 0.3) is 0 Å². The second-order valence-corrected chi connectivity index (χ2v) is 3.87. The molecule has 1 fully saturated rings. The number of hydrogen-bond donors (Lipinski definition) is 3. The van der Waals surface area contributed by atoms with Gasteiger partial charge >= 0.3 is 5.97 Å². The highest BCUT2D eigenvalue weighted by Gasteiger charge is 2.22. The van der Waals surface area contributed by atoms with Crippen molar-refractivity contribution in [2.75, 3.05) is 26.2 Å². The molecule has 1 aliphatic heterocycles. The van der Waals surface area contributed by atoms with Crippen LogP contribution >= 0.6 is 0 Å². The Labute approximate surface area is 83.5 Å². The molecule has 14 heavy (non-hydrogen) atoms. The van der Waals surface area contributed by atoms with Crippen LogP contribution in [0.5, 0.6) is 0 Å². The van der Waals surface area contributed by atoms with Crippen LogP contribution in [0, 0.1) is 5.92 Å². The molecule has 1 saturated heterocycles. The van der Waals surface area contributed by atoms with E-state index in [1.165, 1.54) is 0 Å². The van der Waals surface area contributed by atoms with Gasteiger partial charge in [-0.15, -0.1) is 0 Å². The summed E-state index contributed by atoms with van der Waals surface area (Å²) in [6, 6.07) is -0.761. The second kappa shape index (κ2) is 5.29. The van der Waals surface area contributed by atoms with Gasteiger partial charge in [-0.3, -0.25) is 4.79 Å². The standard InChI is InChI=1S/C9H18N2O3/c10-8(9(13)14)2-4-11-3-1-7(5-11)6-12/h7-8,12H,1-6,10H2,(H,13,14)/t7?,8-/m1/s1. The van der Waals surface area contributed by atoms with Crippen LogP contribution < -0.4 is 5.73 Å². The molecule has 1 unspecified atom stereocenters. The van der Waals surface area contributed by atoms with Crippen LogP contribution in [0.3, 0.4) is 0 Å². The number of aliphatic hydroxyl groups is 1. The van der Waals surface area contributed by atoms with Gasteiger partial charge < -0.3 is 20.8 Å². The molecule has 1 heterocycles. The summed E-state index contributed by atoms with van der Waals surface area (Å²) in [5, 5.41) is 17.5. The van der Waals surface area contributed by atoms with Crippen molar-refractivity contribution in [3.63, 3.8) is 0 Å². The van der Waals surface area contributed by atoms with Crippen molar-refractivity contribution in [3.8, 4) is 0 Å². The van der Waals surface area contributed by atoms with E-state index in [4.69, 9.17) is 15.9 Å². The van der Waals surface area contributed by atoms with Crippen LogP contribution in [0.2, 0.25) is 0 Å². The number of nitrogens with zero attached hydrogens (tertiary/aromatic N) is 1. The van der Waals surface area contributed by atoms with Gasteiger partial charge in [0.15, 0.2) is 0 Å². The van der Waals surface area contributed by atoms with Gasteiger partial charge in [0.2, 0.25) is 0 Å². The van der Waals surface area contributed by atoms with E-state index in [0.717, 1.165) is 19.5 Å². The largest absolute Gasteiger partial charge is 0.480 e. The Hall–Kier alpha value is -0.650. The highest BCUT2D eigenvalue weighted by molar-refractivity contribution is 5.72. The van der Waals surface area contributed by atoms with Gasteiger partial charge in [0.05, 0.1) is 0 Å². The van der Waals surface area contributed by atoms with Gasteiger partial charge in [0.1, 0.15) is 6.04 Å². The first-order valence-corrected chi connectivity index (χ1v) is 4.95. The second-order valence-electron chi connectivity index (χ2n) is 3.87. The Balaban J connectivity index is 2.17. The van der Waals surface area contributed by atoms with E-state index in [-0.39, 0.29) is 6.61 Å². The van der Waals surface area contributed by atoms with E-state index >= 15 is 0 Å². The Morgan fingerprint density at radius 2 is 2.36 bits per heavy atom. The normalized spacial score (nSPS) is 25.1. The molecule has 0 aromatic rings. The molecule has 0 aliphatic carbocycles. The van der Waals surface area contributed by atoms with Crippen molar-refractivity contribution in [2.24, 2.45) is 11.7 Å². The topological polar surface area (TPSA) is 86.8 Å². The average molecular weight is 202 g/mol. The first-order valence-electron chi connectivity index (χ1n) is 4.95. The number of carbonyl (C=O) groups is 1. The number of aliphatic carboxylic acids is 1. The van der Waals surface area contributed by atoms with Gasteiger partial charge in [-0.25, -0.2) is 0 Å². The third-order valence-corrected chi connectivity index (χ3v) is 2.70. The van der Waals surface area contributed by atoms with Crippen LogP contribution in [0.4, 0.5) is 0 Å². The molecule has 1 aliphatic rings. The minimum atomic E-state index is -0.942. The lowest BCUT2D eigenvalue weighted by atomic mass is 10.1. The molecule has 2 atom stereocenters. The Morgan fingerprint density at radius 1 is 1.64 bits per heavy atom. The van der Waals surface area contributed by atoms with Crippen LogP contribution in [-0.2, 0) is 4.79 Å². The number of hydrogen-bond acceptors (Lipinski definition) is 4. The first kappa shape index (κ1) is 11.4. The first-order chi connectivity index (χ1) is 6.63. The van der Waals surface area contributed by atoms with Crippen molar-refractivity contribution in [1.82, 2.24) is 4.90 Å². The van der Waals surface area contributed by atoms with Crippen LogP contribution in [0.1, 0.15) is 12.8 Å². The maximum Gasteiger partial charge on any atom is 0.320 e. The fraction of sp³-hybridized carbons (Fsp3) is 0.889. The Kier molecular flexibility index (Phi) is 4.31. The fourth-order valence-electron chi connectivity index (χ4n) is 1.71. The number of rotatable bonds is 5. The molecule has 82 valence electrons. The molecule has 4 N–H and O–H groups in total. The van der Waals surface area contributed by atoms with Crippen molar-refractivity contribution in [1.29, 1.82) is 0 Å². The molecule has 0 spiro atoms. The zero-order chi connectivity index (χ0) is 10.6. The van der Waals surface area contributed by atoms with E-state index in [1.54, 1.807) is 0 Å². The summed E-state index contributed by atoms with van der Waals surface area (Å²) < 4.78 is 0. The molecule has 5 heteroatoms. The fourth-order valence-corrected chi connectivity index (χ4v) is 1.71. The predicted molar refractivity (Wildman–Crippen MR) is 51.9 cm³/mol. The number of carboxylic acid groups (broad SMARTS) is 1. The number of aliphatic hydroxyl groups excluding tert-OH is 1. The lowest BCUT2D eigenvalue weighted by Gasteiger charge is -2.16. The lowest BCUT2D eigenvalue weighted by molar-refractivity contribution is -0.138. The highest BCUT2D eigenvalue weighted by atomic mass is 16.4. The van der Waals surface area contributed by atoms with Gasteiger partial charge in [0.25, 0.3) is 0 Å². The molecular weight excluding hydrogens is 184 g/mol. The zero-order valence-corrected chi connectivity index (χ0v) is 8.22. The van der Waals surface area contributed by atoms with E-state index in [0.29, 0.717) is 18.9 Å².